The first-order valence-corrected chi connectivity index (χ1v) is 10.6. The third-order valence-corrected chi connectivity index (χ3v) is 6.83. The van der Waals surface area contributed by atoms with E-state index < -0.39 is 11.7 Å². The highest BCUT2D eigenvalue weighted by molar-refractivity contribution is 6.03. The molecule has 4 aromatic carbocycles. The maximum absolute atomic E-state index is 13.9. The number of hydrogen-bond acceptors (Lipinski definition) is 1. The molecule has 4 aromatic rings. The molecular weight excluding hydrogens is 395 g/mol. The third-order valence-electron chi connectivity index (χ3n) is 6.83. The lowest BCUT2D eigenvalue weighted by atomic mass is 9.74. The predicted molar refractivity (Wildman–Crippen MR) is 119 cm³/mol. The number of para-hydroxylation sites is 1. The molecule has 2 aliphatic rings. The normalized spacial score (nSPS) is 22.4. The van der Waals surface area contributed by atoms with E-state index >= 15 is 0 Å². The minimum absolute atomic E-state index is 0.0266. The summed E-state index contributed by atoms with van der Waals surface area (Å²) in [6.45, 7) is 0. The van der Waals surface area contributed by atoms with Crippen LogP contribution >= 0.6 is 0 Å². The van der Waals surface area contributed by atoms with Gasteiger partial charge in [0.15, 0.2) is 0 Å². The Morgan fingerprint density at radius 3 is 2.16 bits per heavy atom. The van der Waals surface area contributed by atoms with Crippen molar-refractivity contribution in [1.29, 1.82) is 0 Å². The Balaban J connectivity index is 1.64. The van der Waals surface area contributed by atoms with Crippen LogP contribution in [-0.4, -0.2) is 0 Å². The molecule has 154 valence electrons. The molecule has 1 aliphatic carbocycles. The lowest BCUT2D eigenvalue weighted by Gasteiger charge is -2.39. The maximum atomic E-state index is 13.9. The molecule has 0 saturated heterocycles. The van der Waals surface area contributed by atoms with E-state index in [1.807, 2.05) is 30.3 Å². The largest absolute Gasteiger partial charge is 0.418 e. The van der Waals surface area contributed by atoms with Gasteiger partial charge in [-0.15, -0.1) is 0 Å². The van der Waals surface area contributed by atoms with Gasteiger partial charge in [0.25, 0.3) is 0 Å². The SMILES string of the molecule is FC(F)(F)c1cccc2c1N[C@@H](c1c3ccccc3cc3ccccc13)[C@H]1CC=C[C@@H]21. The number of nitrogens with one attached hydrogen (secondary N) is 1. The Kier molecular flexibility index (Phi) is 3.95. The Morgan fingerprint density at radius 2 is 1.48 bits per heavy atom. The van der Waals surface area contributed by atoms with Crippen LogP contribution in [0.5, 0.6) is 0 Å². The molecule has 6 rings (SSSR count). The van der Waals surface area contributed by atoms with E-state index in [1.54, 1.807) is 0 Å². The molecular formula is C27H20F3N. The van der Waals surface area contributed by atoms with Gasteiger partial charge in [-0.25, -0.2) is 0 Å². The topological polar surface area (TPSA) is 12.0 Å². The highest BCUT2D eigenvalue weighted by Gasteiger charge is 2.43. The fraction of sp³-hybridized carbons (Fsp3) is 0.185. The highest BCUT2D eigenvalue weighted by Crippen LogP contribution is 2.54. The second-order valence-electron chi connectivity index (χ2n) is 8.48. The number of halogens is 3. The first-order chi connectivity index (χ1) is 15.0. The zero-order valence-electron chi connectivity index (χ0n) is 16.7. The van der Waals surface area contributed by atoms with Gasteiger partial charge in [-0.05, 0) is 57.1 Å². The van der Waals surface area contributed by atoms with E-state index in [4.69, 9.17) is 0 Å². The van der Waals surface area contributed by atoms with Crippen LogP contribution in [0.25, 0.3) is 21.5 Å². The summed E-state index contributed by atoms with van der Waals surface area (Å²) in [6.07, 6.45) is 0.645. The number of allylic oxidation sites excluding steroid dienone is 2. The minimum atomic E-state index is -4.40. The quantitative estimate of drug-likeness (QED) is 0.247. The van der Waals surface area contributed by atoms with Crippen LogP contribution in [0.4, 0.5) is 18.9 Å². The molecule has 0 unspecified atom stereocenters. The molecule has 0 bridgehead atoms. The summed E-state index contributed by atoms with van der Waals surface area (Å²) in [5, 5.41) is 7.79. The van der Waals surface area contributed by atoms with Crippen molar-refractivity contribution >= 4 is 27.2 Å². The smallest absolute Gasteiger partial charge is 0.377 e. The van der Waals surface area contributed by atoms with E-state index in [9.17, 15) is 13.2 Å². The predicted octanol–water partition coefficient (Wildman–Crippen LogP) is 7.84. The number of fused-ring (bicyclic) bond motifs is 5. The van der Waals surface area contributed by atoms with Crippen molar-refractivity contribution in [2.75, 3.05) is 5.32 Å². The summed E-state index contributed by atoms with van der Waals surface area (Å²) in [6, 6.07) is 22.8. The summed E-state index contributed by atoms with van der Waals surface area (Å²) in [7, 11) is 0. The number of benzene rings is 4. The average molecular weight is 415 g/mol. The van der Waals surface area contributed by atoms with Crippen LogP contribution in [0.2, 0.25) is 0 Å². The van der Waals surface area contributed by atoms with Crippen molar-refractivity contribution in [3.05, 3.63) is 102 Å². The van der Waals surface area contributed by atoms with Gasteiger partial charge in [0, 0.05) is 5.92 Å². The van der Waals surface area contributed by atoms with Gasteiger partial charge in [-0.2, -0.15) is 13.2 Å². The Hall–Kier alpha value is -3.27. The number of alkyl halides is 3. The molecule has 0 saturated carbocycles. The Bertz CT molecular complexity index is 1300. The van der Waals surface area contributed by atoms with Crippen LogP contribution in [0.1, 0.15) is 35.1 Å². The number of hydrogen-bond donors (Lipinski definition) is 1. The van der Waals surface area contributed by atoms with Crippen LogP contribution in [-0.2, 0) is 6.18 Å². The zero-order valence-corrected chi connectivity index (χ0v) is 16.7. The molecule has 1 N–H and O–H groups in total. The van der Waals surface area contributed by atoms with E-state index in [2.05, 4.69) is 47.8 Å². The highest BCUT2D eigenvalue weighted by atomic mass is 19.4. The summed E-state index contributed by atoms with van der Waals surface area (Å²) in [4.78, 5) is 0. The first kappa shape index (κ1) is 18.5. The summed E-state index contributed by atoms with van der Waals surface area (Å²) in [5.74, 6) is 0.145. The lowest BCUT2D eigenvalue weighted by Crippen LogP contribution is -2.31. The van der Waals surface area contributed by atoms with E-state index in [0.717, 1.165) is 39.1 Å². The fourth-order valence-electron chi connectivity index (χ4n) is 5.53. The molecule has 0 fully saturated rings. The van der Waals surface area contributed by atoms with Crippen LogP contribution < -0.4 is 5.32 Å². The van der Waals surface area contributed by atoms with E-state index in [1.165, 1.54) is 12.1 Å². The van der Waals surface area contributed by atoms with Crippen LogP contribution in [0.3, 0.4) is 0 Å². The standard InChI is InChI=1S/C27H20F3N/c28-27(29,30)23-14-6-13-21-20-11-5-12-22(20)26(31-25(21)23)24-18-9-3-1-7-16(18)15-17-8-2-4-10-19(17)24/h1-11,13-15,20,22,26,31H,12H2/t20-,22-,26+/m0/s1. The average Bonchev–Trinajstić information content (AvgIpc) is 3.26. The lowest BCUT2D eigenvalue weighted by molar-refractivity contribution is -0.137. The summed E-state index contributed by atoms with van der Waals surface area (Å²) < 4.78 is 41.7. The summed E-state index contributed by atoms with van der Waals surface area (Å²) in [5.41, 5.74) is 1.48. The van der Waals surface area contributed by atoms with Crippen molar-refractivity contribution in [2.24, 2.45) is 5.92 Å². The monoisotopic (exact) mass is 415 g/mol. The Morgan fingerprint density at radius 1 is 0.806 bits per heavy atom. The zero-order chi connectivity index (χ0) is 21.2. The molecule has 0 radical (unpaired) electrons. The number of anilines is 1. The van der Waals surface area contributed by atoms with Crippen LogP contribution in [0.15, 0.2) is 84.9 Å². The fourth-order valence-corrected chi connectivity index (χ4v) is 5.53. The molecule has 4 heteroatoms. The Labute approximate surface area is 178 Å². The number of rotatable bonds is 1. The van der Waals surface area contributed by atoms with Gasteiger partial charge in [0.2, 0.25) is 0 Å². The van der Waals surface area contributed by atoms with Gasteiger partial charge < -0.3 is 5.32 Å². The van der Waals surface area contributed by atoms with Gasteiger partial charge in [0.1, 0.15) is 0 Å². The van der Waals surface area contributed by atoms with Crippen molar-refractivity contribution in [3.63, 3.8) is 0 Å². The second-order valence-corrected chi connectivity index (χ2v) is 8.48. The van der Waals surface area contributed by atoms with E-state index in [-0.39, 0.29) is 23.6 Å². The molecule has 3 atom stereocenters. The van der Waals surface area contributed by atoms with Gasteiger partial charge >= 0.3 is 6.18 Å². The van der Waals surface area contributed by atoms with Crippen molar-refractivity contribution in [1.82, 2.24) is 0 Å². The summed E-state index contributed by atoms with van der Waals surface area (Å²) >= 11 is 0. The molecule has 0 amide bonds. The van der Waals surface area contributed by atoms with Gasteiger partial charge in [-0.1, -0.05) is 72.8 Å². The molecule has 31 heavy (non-hydrogen) atoms. The van der Waals surface area contributed by atoms with E-state index in [0.29, 0.717) is 0 Å². The van der Waals surface area contributed by atoms with Crippen molar-refractivity contribution < 1.29 is 13.2 Å². The van der Waals surface area contributed by atoms with Crippen molar-refractivity contribution in [3.8, 4) is 0 Å². The third kappa shape index (κ3) is 2.78. The second kappa shape index (κ2) is 6.61. The van der Waals surface area contributed by atoms with Gasteiger partial charge in [-0.3, -0.25) is 0 Å². The van der Waals surface area contributed by atoms with Crippen molar-refractivity contribution in [2.45, 2.75) is 24.6 Å². The minimum Gasteiger partial charge on any atom is -0.377 e. The molecule has 1 aliphatic heterocycles. The molecule has 1 heterocycles. The molecule has 0 aromatic heterocycles. The maximum Gasteiger partial charge on any atom is 0.418 e. The molecule has 0 spiro atoms. The first-order valence-electron chi connectivity index (χ1n) is 10.6. The van der Waals surface area contributed by atoms with Gasteiger partial charge in [0.05, 0.1) is 17.3 Å². The molecule has 1 nitrogen and oxygen atoms in total. The van der Waals surface area contributed by atoms with Crippen LogP contribution in [0, 0.1) is 5.92 Å².